The summed E-state index contributed by atoms with van der Waals surface area (Å²) in [5, 5.41) is 11.8. The molecule has 1 rings (SSSR count). The largest absolute Gasteiger partial charge is 0.481 e. The van der Waals surface area contributed by atoms with Crippen molar-refractivity contribution >= 4 is 23.8 Å². The molecule has 1 aliphatic rings. The molecule has 0 spiro atoms. The second-order valence-electron chi connectivity index (χ2n) is 5.50. The standard InChI is InChI=1S/C14H26N2O3S/c1-11(9-13(17)18)12-5-3-7-16(10-12)14(19)15-6-4-8-20-2/h11-12H,3-10H2,1-2H3,(H,15,19)(H,17,18). The average molecular weight is 302 g/mol. The molecule has 0 bridgehead atoms. The number of hydrogen-bond donors (Lipinski definition) is 2. The number of nitrogens with one attached hydrogen (secondary N) is 1. The number of nitrogens with zero attached hydrogens (tertiary/aromatic N) is 1. The Morgan fingerprint density at radius 2 is 2.25 bits per heavy atom. The zero-order chi connectivity index (χ0) is 15.0. The van der Waals surface area contributed by atoms with Crippen molar-refractivity contribution in [3.63, 3.8) is 0 Å². The zero-order valence-corrected chi connectivity index (χ0v) is 13.2. The Labute approximate surface area is 125 Å². The third kappa shape index (κ3) is 6.03. The van der Waals surface area contributed by atoms with E-state index in [0.29, 0.717) is 19.0 Å². The van der Waals surface area contributed by atoms with Crippen LogP contribution in [-0.4, -0.2) is 53.6 Å². The molecule has 1 saturated heterocycles. The molecular formula is C14H26N2O3S. The summed E-state index contributed by atoms with van der Waals surface area (Å²) in [6, 6.07) is -0.00155. The van der Waals surface area contributed by atoms with Crippen molar-refractivity contribution in [1.82, 2.24) is 10.2 Å². The van der Waals surface area contributed by atoms with Crippen LogP contribution in [0.15, 0.2) is 0 Å². The highest BCUT2D eigenvalue weighted by Crippen LogP contribution is 2.26. The molecule has 116 valence electrons. The van der Waals surface area contributed by atoms with Crippen molar-refractivity contribution in [2.45, 2.75) is 32.6 Å². The van der Waals surface area contributed by atoms with Gasteiger partial charge >= 0.3 is 12.0 Å². The quantitative estimate of drug-likeness (QED) is 0.708. The van der Waals surface area contributed by atoms with Gasteiger partial charge in [0.15, 0.2) is 0 Å². The van der Waals surface area contributed by atoms with E-state index in [4.69, 9.17) is 5.11 Å². The van der Waals surface area contributed by atoms with Gasteiger partial charge in [-0.3, -0.25) is 4.79 Å². The minimum absolute atomic E-state index is 0.00155. The molecule has 2 unspecified atom stereocenters. The van der Waals surface area contributed by atoms with Crippen LogP contribution in [0.3, 0.4) is 0 Å². The molecule has 2 atom stereocenters. The lowest BCUT2D eigenvalue weighted by atomic mass is 9.85. The maximum atomic E-state index is 12.0. The van der Waals surface area contributed by atoms with Crippen molar-refractivity contribution in [3.8, 4) is 0 Å². The van der Waals surface area contributed by atoms with Crippen molar-refractivity contribution in [2.75, 3.05) is 31.6 Å². The molecule has 1 aliphatic heterocycles. The van der Waals surface area contributed by atoms with Crippen molar-refractivity contribution in [1.29, 1.82) is 0 Å². The fourth-order valence-electron chi connectivity index (χ4n) is 2.62. The molecule has 0 aromatic carbocycles. The van der Waals surface area contributed by atoms with Gasteiger partial charge in [0.2, 0.25) is 0 Å². The highest BCUT2D eigenvalue weighted by atomic mass is 32.2. The summed E-state index contributed by atoms with van der Waals surface area (Å²) in [4.78, 5) is 24.7. The number of amides is 2. The lowest BCUT2D eigenvalue weighted by molar-refractivity contribution is -0.138. The summed E-state index contributed by atoms with van der Waals surface area (Å²) in [6.07, 6.45) is 5.21. The molecule has 6 heteroatoms. The number of likely N-dealkylation sites (tertiary alicyclic amines) is 1. The average Bonchev–Trinajstić information content (AvgIpc) is 2.43. The zero-order valence-electron chi connectivity index (χ0n) is 12.4. The maximum absolute atomic E-state index is 12.0. The smallest absolute Gasteiger partial charge is 0.317 e. The summed E-state index contributed by atoms with van der Waals surface area (Å²) >= 11 is 1.78. The topological polar surface area (TPSA) is 69.6 Å². The lowest BCUT2D eigenvalue weighted by Gasteiger charge is -2.35. The van der Waals surface area contributed by atoms with Crippen LogP contribution in [0.25, 0.3) is 0 Å². The Bertz CT molecular complexity index is 326. The van der Waals surface area contributed by atoms with Crippen molar-refractivity contribution < 1.29 is 14.7 Å². The molecule has 1 heterocycles. The van der Waals surface area contributed by atoms with E-state index >= 15 is 0 Å². The molecule has 20 heavy (non-hydrogen) atoms. The molecule has 0 radical (unpaired) electrons. The van der Waals surface area contributed by atoms with Gasteiger partial charge in [-0.1, -0.05) is 6.92 Å². The van der Waals surface area contributed by atoms with E-state index in [1.807, 2.05) is 11.8 Å². The van der Waals surface area contributed by atoms with Gasteiger partial charge in [-0.2, -0.15) is 11.8 Å². The van der Waals surface area contributed by atoms with Crippen LogP contribution in [-0.2, 0) is 4.79 Å². The molecule has 0 aromatic rings. The SMILES string of the molecule is CSCCCNC(=O)N1CCCC(C(C)CC(=O)O)C1. The monoisotopic (exact) mass is 302 g/mol. The van der Waals surface area contributed by atoms with Gasteiger partial charge in [-0.15, -0.1) is 0 Å². The second kappa shape index (κ2) is 9.10. The van der Waals surface area contributed by atoms with Crippen LogP contribution >= 0.6 is 11.8 Å². The highest BCUT2D eigenvalue weighted by Gasteiger charge is 2.28. The minimum atomic E-state index is -0.754. The number of rotatable bonds is 7. The van der Waals surface area contributed by atoms with Gasteiger partial charge in [0, 0.05) is 26.1 Å². The summed E-state index contributed by atoms with van der Waals surface area (Å²) < 4.78 is 0. The van der Waals surface area contributed by atoms with Crippen molar-refractivity contribution in [3.05, 3.63) is 0 Å². The Balaban J connectivity index is 2.35. The maximum Gasteiger partial charge on any atom is 0.317 e. The third-order valence-corrected chi connectivity index (χ3v) is 4.54. The number of piperidine rings is 1. The van der Waals surface area contributed by atoms with E-state index in [1.165, 1.54) is 0 Å². The lowest BCUT2D eigenvalue weighted by Crippen LogP contribution is -2.47. The van der Waals surface area contributed by atoms with E-state index < -0.39 is 5.97 Å². The summed E-state index contributed by atoms with van der Waals surface area (Å²) in [5.74, 6) is 0.728. The first-order valence-corrected chi connectivity index (χ1v) is 8.67. The van der Waals surface area contributed by atoms with Crippen LogP contribution in [0, 0.1) is 11.8 Å². The van der Waals surface area contributed by atoms with Gasteiger partial charge in [-0.05, 0) is 43.1 Å². The first kappa shape index (κ1) is 17.1. The van der Waals surface area contributed by atoms with E-state index in [9.17, 15) is 9.59 Å². The fourth-order valence-corrected chi connectivity index (χ4v) is 3.06. The molecule has 0 saturated carbocycles. The second-order valence-corrected chi connectivity index (χ2v) is 6.49. The van der Waals surface area contributed by atoms with Crippen LogP contribution in [0.2, 0.25) is 0 Å². The number of carboxylic acids is 1. The van der Waals surface area contributed by atoms with Crippen LogP contribution < -0.4 is 5.32 Å². The molecule has 1 fully saturated rings. The van der Waals surface area contributed by atoms with Gasteiger partial charge in [-0.25, -0.2) is 4.79 Å². The first-order valence-electron chi connectivity index (χ1n) is 7.28. The number of hydrogen-bond acceptors (Lipinski definition) is 3. The Hall–Kier alpha value is -0.910. The van der Waals surface area contributed by atoms with Gasteiger partial charge in [0.25, 0.3) is 0 Å². The molecular weight excluding hydrogens is 276 g/mol. The van der Waals surface area contributed by atoms with Crippen LogP contribution in [0.5, 0.6) is 0 Å². The predicted molar refractivity (Wildman–Crippen MR) is 82.1 cm³/mol. The number of carbonyl (C=O) groups is 2. The fraction of sp³-hybridized carbons (Fsp3) is 0.857. The number of carboxylic acid groups (broad SMARTS) is 1. The molecule has 0 aliphatic carbocycles. The van der Waals surface area contributed by atoms with Gasteiger partial charge in [0.1, 0.15) is 0 Å². The molecule has 5 nitrogen and oxygen atoms in total. The Morgan fingerprint density at radius 1 is 1.50 bits per heavy atom. The minimum Gasteiger partial charge on any atom is -0.481 e. The number of aliphatic carboxylic acids is 1. The molecule has 0 aromatic heterocycles. The third-order valence-electron chi connectivity index (χ3n) is 3.85. The molecule has 2 N–H and O–H groups in total. The van der Waals surface area contributed by atoms with Crippen LogP contribution in [0.4, 0.5) is 4.79 Å². The van der Waals surface area contributed by atoms with E-state index in [0.717, 1.165) is 31.6 Å². The number of thioether (sulfide) groups is 1. The Morgan fingerprint density at radius 3 is 2.90 bits per heavy atom. The summed E-state index contributed by atoms with van der Waals surface area (Å²) in [5.41, 5.74) is 0. The van der Waals surface area contributed by atoms with Gasteiger partial charge < -0.3 is 15.3 Å². The Kier molecular flexibility index (Phi) is 7.80. The summed E-state index contributed by atoms with van der Waals surface area (Å²) in [7, 11) is 0. The normalized spacial score (nSPS) is 20.5. The number of carbonyl (C=O) groups excluding carboxylic acids is 1. The van der Waals surface area contributed by atoms with E-state index in [2.05, 4.69) is 11.6 Å². The first-order chi connectivity index (χ1) is 9.54. The number of urea groups is 1. The van der Waals surface area contributed by atoms with Crippen molar-refractivity contribution in [2.24, 2.45) is 11.8 Å². The van der Waals surface area contributed by atoms with Gasteiger partial charge in [0.05, 0.1) is 0 Å². The highest BCUT2D eigenvalue weighted by molar-refractivity contribution is 7.98. The van der Waals surface area contributed by atoms with E-state index in [-0.39, 0.29) is 18.4 Å². The predicted octanol–water partition coefficient (Wildman–Crippen LogP) is 2.27. The van der Waals surface area contributed by atoms with E-state index in [1.54, 1.807) is 11.8 Å². The molecule has 2 amide bonds. The summed E-state index contributed by atoms with van der Waals surface area (Å²) in [6.45, 7) is 4.15. The van der Waals surface area contributed by atoms with Crippen LogP contribution in [0.1, 0.15) is 32.6 Å².